The van der Waals surface area contributed by atoms with Crippen molar-refractivity contribution >= 4 is 11.8 Å². The SMILES string of the molecule is CC(=O)N[C@H]1[C@H](O[C@@H]2[C@@H](OC[C@H]3O[C@H](O)[C@@H](O)[C@@H](O[C@H]4O[C@H](CO)[C@@H](O)[C@H](O)[C@@H]4O[C@@H]4O[C@H](CO)[C@@H](O)[C@H](O)[C@H]4NC(C)=O)[C@@H]3O)O[C@H](CO)[C@@H](O)[C@@H]2O)O[C@H](CO)[C@@H](O)[C@@H]1O. The normalized spacial score (nSPS) is 49.0. The zero-order chi connectivity index (χ0) is 45.9. The molecule has 0 aromatic rings. The lowest BCUT2D eigenvalue weighted by atomic mass is 9.95. The van der Waals surface area contributed by atoms with Crippen molar-refractivity contribution in [2.24, 2.45) is 0 Å². The molecular formula is C34H58N2O26. The maximum absolute atomic E-state index is 12.0. The zero-order valence-electron chi connectivity index (χ0n) is 33.2. The van der Waals surface area contributed by atoms with Crippen molar-refractivity contribution in [1.29, 1.82) is 0 Å². The third-order valence-electron chi connectivity index (χ3n) is 11.1. The maximum Gasteiger partial charge on any atom is 0.217 e. The van der Waals surface area contributed by atoms with Gasteiger partial charge in [-0.25, -0.2) is 0 Å². The summed E-state index contributed by atoms with van der Waals surface area (Å²) in [6.07, 6.45) is -42.4. The van der Waals surface area contributed by atoms with Gasteiger partial charge in [-0.1, -0.05) is 0 Å². The highest BCUT2D eigenvalue weighted by Gasteiger charge is 2.56. The van der Waals surface area contributed by atoms with Gasteiger partial charge in [-0.2, -0.15) is 0 Å². The fourth-order valence-electron chi connectivity index (χ4n) is 7.69. The molecule has 360 valence electrons. The minimum atomic E-state index is -2.19. The molecule has 0 bridgehead atoms. The molecule has 5 aliphatic rings. The van der Waals surface area contributed by atoms with Crippen molar-refractivity contribution in [3.05, 3.63) is 0 Å². The first kappa shape index (κ1) is 51.0. The van der Waals surface area contributed by atoms with Crippen molar-refractivity contribution in [3.8, 4) is 0 Å². The van der Waals surface area contributed by atoms with Crippen LogP contribution in [0.1, 0.15) is 13.8 Å². The molecule has 0 spiro atoms. The van der Waals surface area contributed by atoms with Gasteiger partial charge in [0.05, 0.1) is 33.0 Å². The molecule has 0 aromatic carbocycles. The maximum atomic E-state index is 12.0. The molecule has 0 saturated carbocycles. The van der Waals surface area contributed by atoms with E-state index in [0.717, 1.165) is 13.8 Å². The molecule has 25 atom stereocenters. The Balaban J connectivity index is 1.37. The molecule has 0 aromatic heterocycles. The van der Waals surface area contributed by atoms with Gasteiger partial charge in [-0.15, -0.1) is 0 Å². The summed E-state index contributed by atoms with van der Waals surface area (Å²) in [7, 11) is 0. The van der Waals surface area contributed by atoms with E-state index in [4.69, 9.17) is 42.6 Å². The van der Waals surface area contributed by atoms with Crippen molar-refractivity contribution in [2.45, 2.75) is 167 Å². The quantitative estimate of drug-likeness (QED) is 0.0725. The second kappa shape index (κ2) is 22.0. The highest BCUT2D eigenvalue weighted by molar-refractivity contribution is 5.73. The van der Waals surface area contributed by atoms with Crippen molar-refractivity contribution in [2.75, 3.05) is 33.0 Å². The summed E-state index contributed by atoms with van der Waals surface area (Å²) in [6, 6.07) is -3.13. The Kier molecular flexibility index (Phi) is 18.1. The topological polar surface area (TPSA) is 445 Å². The summed E-state index contributed by atoms with van der Waals surface area (Å²) in [5.74, 6) is -1.47. The number of aliphatic hydroxyl groups is 15. The molecule has 5 heterocycles. The molecule has 0 unspecified atom stereocenters. The van der Waals surface area contributed by atoms with E-state index in [1.165, 1.54) is 0 Å². The molecule has 2 amide bonds. The molecule has 62 heavy (non-hydrogen) atoms. The van der Waals surface area contributed by atoms with Crippen LogP contribution in [0.3, 0.4) is 0 Å². The molecule has 5 rings (SSSR count). The smallest absolute Gasteiger partial charge is 0.217 e. The Labute approximate surface area is 351 Å². The van der Waals surface area contributed by atoms with Crippen LogP contribution in [-0.4, -0.2) is 275 Å². The highest BCUT2D eigenvalue weighted by Crippen LogP contribution is 2.34. The third-order valence-corrected chi connectivity index (χ3v) is 11.1. The Morgan fingerprint density at radius 3 is 1.18 bits per heavy atom. The van der Waals surface area contributed by atoms with Crippen LogP contribution in [0, 0.1) is 0 Å². The number of aliphatic hydroxyl groups excluding tert-OH is 15. The number of nitrogens with one attached hydrogen (secondary N) is 2. The number of amides is 2. The van der Waals surface area contributed by atoms with Crippen LogP contribution in [0.2, 0.25) is 0 Å². The Morgan fingerprint density at radius 1 is 0.419 bits per heavy atom. The lowest BCUT2D eigenvalue weighted by molar-refractivity contribution is -0.385. The Bertz CT molecular complexity index is 1440. The van der Waals surface area contributed by atoms with Gasteiger partial charge in [0.15, 0.2) is 31.5 Å². The molecule has 0 aliphatic carbocycles. The number of ether oxygens (including phenoxy) is 9. The molecule has 5 saturated heterocycles. The van der Waals surface area contributed by atoms with Crippen LogP contribution in [0.4, 0.5) is 0 Å². The third kappa shape index (κ3) is 11.0. The number of hydrogen-bond acceptors (Lipinski definition) is 26. The Morgan fingerprint density at radius 2 is 0.774 bits per heavy atom. The van der Waals surface area contributed by atoms with Gasteiger partial charge in [0.2, 0.25) is 11.8 Å². The zero-order valence-corrected chi connectivity index (χ0v) is 33.2. The summed E-state index contributed by atoms with van der Waals surface area (Å²) in [5, 5.41) is 163. The van der Waals surface area contributed by atoms with E-state index in [2.05, 4.69) is 10.6 Å². The average Bonchev–Trinajstić information content (AvgIpc) is 3.23. The number of carbonyl (C=O) groups is 2. The highest BCUT2D eigenvalue weighted by atomic mass is 16.8. The van der Waals surface area contributed by atoms with E-state index in [9.17, 15) is 86.2 Å². The van der Waals surface area contributed by atoms with Gasteiger partial charge in [-0.05, 0) is 0 Å². The first-order valence-electron chi connectivity index (χ1n) is 19.6. The Hall–Kier alpha value is -2.02. The first-order chi connectivity index (χ1) is 29.3. The monoisotopic (exact) mass is 910 g/mol. The van der Waals surface area contributed by atoms with E-state index in [1.807, 2.05) is 0 Å². The van der Waals surface area contributed by atoms with Gasteiger partial charge in [0.25, 0.3) is 0 Å². The van der Waals surface area contributed by atoms with Crippen LogP contribution in [0.15, 0.2) is 0 Å². The number of hydrogen-bond donors (Lipinski definition) is 17. The second-order valence-electron chi connectivity index (χ2n) is 15.5. The summed E-state index contributed by atoms with van der Waals surface area (Å²) < 4.78 is 50.9. The molecule has 28 heteroatoms. The summed E-state index contributed by atoms with van der Waals surface area (Å²) >= 11 is 0. The minimum Gasteiger partial charge on any atom is -0.394 e. The largest absolute Gasteiger partial charge is 0.394 e. The summed E-state index contributed by atoms with van der Waals surface area (Å²) in [5.41, 5.74) is 0. The lowest BCUT2D eigenvalue weighted by Gasteiger charge is -2.49. The predicted octanol–water partition coefficient (Wildman–Crippen LogP) is -11.6. The molecule has 5 fully saturated rings. The van der Waals surface area contributed by atoms with E-state index in [0.29, 0.717) is 0 Å². The summed E-state index contributed by atoms with van der Waals surface area (Å²) in [6.45, 7) is -2.29. The van der Waals surface area contributed by atoms with Crippen LogP contribution in [0.25, 0.3) is 0 Å². The standard InChI is InChI=1S/C34H58N2O26/c1-8(41)35-15-22(48)17(43)10(3-37)56-31(15)61-28-24(50)19(45)12(5-39)58-33(28)54-7-14-21(47)27(26(52)30(53)55-14)60-34-29(25(51)20(46)13(6-40)59-34)62-32-16(36-9(2)42)23(49)18(44)11(4-38)57-32/h10-34,37-40,43-53H,3-7H2,1-2H3,(H,35,41)(H,36,42)/t10-,11-,12-,13-,14-,15-,16-,17-,18-,19-,20-,21-,22-,23-,24+,25+,26+,27+,28+,29+,30+,31+,32+,33+,34-/m1/s1. The molecule has 28 nitrogen and oxygen atoms in total. The van der Waals surface area contributed by atoms with Gasteiger partial charge in [-0.3, -0.25) is 9.59 Å². The van der Waals surface area contributed by atoms with Gasteiger partial charge >= 0.3 is 0 Å². The predicted molar refractivity (Wildman–Crippen MR) is 190 cm³/mol. The van der Waals surface area contributed by atoms with Gasteiger partial charge in [0.1, 0.15) is 122 Å². The van der Waals surface area contributed by atoms with Crippen LogP contribution >= 0.6 is 0 Å². The minimum absolute atomic E-state index is 0.727. The lowest BCUT2D eigenvalue weighted by Crippen LogP contribution is -2.69. The fourth-order valence-corrected chi connectivity index (χ4v) is 7.69. The second-order valence-corrected chi connectivity index (χ2v) is 15.5. The van der Waals surface area contributed by atoms with E-state index in [-0.39, 0.29) is 0 Å². The number of carbonyl (C=O) groups excluding carboxylic acids is 2. The van der Waals surface area contributed by atoms with Gasteiger partial charge in [0, 0.05) is 13.8 Å². The molecule has 5 aliphatic heterocycles. The summed E-state index contributed by atoms with van der Waals surface area (Å²) in [4.78, 5) is 24.0. The van der Waals surface area contributed by atoms with E-state index >= 15 is 0 Å². The number of rotatable bonds is 15. The van der Waals surface area contributed by atoms with Crippen molar-refractivity contribution in [1.82, 2.24) is 10.6 Å². The van der Waals surface area contributed by atoms with Crippen molar-refractivity contribution < 1.29 is 129 Å². The van der Waals surface area contributed by atoms with E-state index < -0.39 is 198 Å². The average molecular weight is 911 g/mol. The molecular weight excluding hydrogens is 852 g/mol. The van der Waals surface area contributed by atoms with Crippen LogP contribution in [0.5, 0.6) is 0 Å². The van der Waals surface area contributed by atoms with E-state index in [1.54, 1.807) is 0 Å². The fraction of sp³-hybridized carbons (Fsp3) is 0.941. The molecule has 0 radical (unpaired) electrons. The van der Waals surface area contributed by atoms with Crippen LogP contribution < -0.4 is 10.6 Å². The first-order valence-corrected chi connectivity index (χ1v) is 19.6. The molecule has 17 N–H and O–H groups in total. The van der Waals surface area contributed by atoms with Crippen LogP contribution in [-0.2, 0) is 52.2 Å². The van der Waals surface area contributed by atoms with Crippen molar-refractivity contribution in [3.63, 3.8) is 0 Å². The van der Waals surface area contributed by atoms with Gasteiger partial charge < -0.3 is 130 Å².